The summed E-state index contributed by atoms with van der Waals surface area (Å²) in [5, 5.41) is 3.79. The Labute approximate surface area is 267 Å². The molecule has 1 atom stereocenters. The Morgan fingerprint density at radius 1 is 0.905 bits per heavy atom. The highest BCUT2D eigenvalue weighted by atomic mass is 35.5. The maximum atomic E-state index is 14.2. The normalized spacial score (nSPS) is 12.2. The zero-order chi connectivity index (χ0) is 31.2. The van der Waals surface area contributed by atoms with Gasteiger partial charge in [0.15, 0.2) is 0 Å². The predicted octanol–water partition coefficient (Wildman–Crippen LogP) is 7.38. The smallest absolute Gasteiger partial charge is 0.264 e. The lowest BCUT2D eigenvalue weighted by Gasteiger charge is -2.34. The van der Waals surface area contributed by atoms with E-state index in [0.29, 0.717) is 22.2 Å². The van der Waals surface area contributed by atoms with E-state index in [4.69, 9.17) is 46.4 Å². The molecule has 3 aromatic carbocycles. The average molecular weight is 673 g/mol. The first-order valence-electron chi connectivity index (χ1n) is 13.3. The van der Waals surface area contributed by atoms with Crippen molar-refractivity contribution in [2.45, 2.75) is 51.6 Å². The minimum absolute atomic E-state index is 0.0196. The second-order valence-corrected chi connectivity index (χ2v) is 13.7. The van der Waals surface area contributed by atoms with E-state index in [2.05, 4.69) is 5.32 Å². The Hall–Kier alpha value is -2.49. The molecule has 0 saturated carbocycles. The molecular weight excluding hydrogens is 640 g/mol. The maximum absolute atomic E-state index is 14.2. The number of amides is 2. The van der Waals surface area contributed by atoms with Crippen LogP contribution >= 0.6 is 46.4 Å². The van der Waals surface area contributed by atoms with Gasteiger partial charge in [-0.05, 0) is 61.7 Å². The molecule has 0 radical (unpaired) electrons. The molecule has 1 N–H and O–H groups in total. The van der Waals surface area contributed by atoms with Crippen LogP contribution in [0.2, 0.25) is 20.1 Å². The third-order valence-electron chi connectivity index (χ3n) is 6.53. The van der Waals surface area contributed by atoms with Crippen LogP contribution < -0.4 is 9.62 Å². The molecule has 0 aliphatic rings. The molecule has 3 aromatic rings. The predicted molar refractivity (Wildman–Crippen MR) is 171 cm³/mol. The van der Waals surface area contributed by atoms with E-state index in [0.717, 1.165) is 9.87 Å². The highest BCUT2D eigenvalue weighted by Crippen LogP contribution is 2.34. The Morgan fingerprint density at radius 2 is 1.52 bits per heavy atom. The molecule has 0 saturated heterocycles. The molecule has 0 unspecified atom stereocenters. The number of sulfonamides is 1. The summed E-state index contributed by atoms with van der Waals surface area (Å²) >= 11 is 25.6. The first-order valence-corrected chi connectivity index (χ1v) is 16.3. The molecular formula is C30H33Cl4N3O4S. The number of benzene rings is 3. The fourth-order valence-corrected chi connectivity index (χ4v) is 6.60. The molecule has 2 amide bonds. The quantitative estimate of drug-likeness (QED) is 0.218. The summed E-state index contributed by atoms with van der Waals surface area (Å²) in [5.41, 5.74) is 1.31. The summed E-state index contributed by atoms with van der Waals surface area (Å²) in [6.45, 7) is 7.10. The Morgan fingerprint density at radius 3 is 2.10 bits per heavy atom. The van der Waals surface area contributed by atoms with E-state index in [1.807, 2.05) is 20.8 Å². The zero-order valence-electron chi connectivity index (χ0n) is 23.7. The minimum Gasteiger partial charge on any atom is -0.354 e. The fourth-order valence-electron chi connectivity index (χ4n) is 4.22. The second-order valence-electron chi connectivity index (χ2n) is 10.2. The number of carbonyl (C=O) groups is 2. The molecule has 7 nitrogen and oxygen atoms in total. The number of halogens is 4. The first kappa shape index (κ1) is 34.0. The van der Waals surface area contributed by atoms with Gasteiger partial charge in [0.2, 0.25) is 11.8 Å². The Balaban J connectivity index is 2.13. The van der Waals surface area contributed by atoms with Crippen LogP contribution in [0.4, 0.5) is 5.69 Å². The first-order chi connectivity index (χ1) is 19.8. The van der Waals surface area contributed by atoms with Crippen LogP contribution in [0.25, 0.3) is 0 Å². The van der Waals surface area contributed by atoms with Gasteiger partial charge in [0.25, 0.3) is 10.0 Å². The maximum Gasteiger partial charge on any atom is 0.264 e. The SMILES string of the molecule is CC[C@H](C(=O)NCC(C)C)N(Cc1c(Cl)cccc1Cl)C(=O)CN(c1cc(Cl)ccc1Cl)S(=O)(=O)c1ccc(C)cc1. The van der Waals surface area contributed by atoms with Gasteiger partial charge in [0.05, 0.1) is 15.6 Å². The summed E-state index contributed by atoms with van der Waals surface area (Å²) in [6.07, 6.45) is 0.250. The molecule has 0 aliphatic heterocycles. The molecule has 0 aromatic heterocycles. The third kappa shape index (κ3) is 8.32. The lowest BCUT2D eigenvalue weighted by atomic mass is 10.1. The van der Waals surface area contributed by atoms with Crippen LogP contribution in [0.1, 0.15) is 38.3 Å². The third-order valence-corrected chi connectivity index (χ3v) is 9.56. The van der Waals surface area contributed by atoms with Gasteiger partial charge in [-0.1, -0.05) is 90.9 Å². The van der Waals surface area contributed by atoms with E-state index >= 15 is 0 Å². The number of anilines is 1. The van der Waals surface area contributed by atoms with Crippen LogP contribution in [0.3, 0.4) is 0 Å². The number of nitrogens with zero attached hydrogens (tertiary/aromatic N) is 2. The number of carbonyl (C=O) groups excluding carboxylic acids is 2. The van der Waals surface area contributed by atoms with Crippen LogP contribution in [0.15, 0.2) is 65.6 Å². The van der Waals surface area contributed by atoms with E-state index in [1.54, 1.807) is 37.3 Å². The Kier molecular flexibility index (Phi) is 12.0. The summed E-state index contributed by atoms with van der Waals surface area (Å²) in [6, 6.07) is 14.6. The van der Waals surface area contributed by atoms with Gasteiger partial charge in [0, 0.05) is 33.7 Å². The summed E-state index contributed by atoms with van der Waals surface area (Å²) in [4.78, 5) is 28.8. The van der Waals surface area contributed by atoms with E-state index in [1.165, 1.54) is 35.2 Å². The van der Waals surface area contributed by atoms with Crippen molar-refractivity contribution >= 4 is 73.9 Å². The van der Waals surface area contributed by atoms with Crippen molar-refractivity contribution in [3.63, 3.8) is 0 Å². The standard InChI is InChI=1S/C30H33Cl4N3O4S/c1-5-27(30(39)35-16-19(2)3)36(17-23-24(32)7-6-8-25(23)33)29(38)18-37(28-15-21(31)11-14-26(28)34)42(40,41)22-12-9-20(4)10-13-22/h6-15,19,27H,5,16-18H2,1-4H3,(H,35,39)/t27-/m1/s1. The summed E-state index contributed by atoms with van der Waals surface area (Å²) in [7, 11) is -4.31. The van der Waals surface area contributed by atoms with Gasteiger partial charge in [-0.2, -0.15) is 0 Å². The largest absolute Gasteiger partial charge is 0.354 e. The monoisotopic (exact) mass is 671 g/mol. The molecule has 0 aliphatic carbocycles. The van der Waals surface area contributed by atoms with Crippen molar-refractivity contribution in [1.82, 2.24) is 10.2 Å². The molecule has 0 spiro atoms. The Bertz CT molecular complexity index is 1510. The van der Waals surface area contributed by atoms with Crippen LogP contribution in [0.5, 0.6) is 0 Å². The molecule has 226 valence electrons. The van der Waals surface area contributed by atoms with Gasteiger partial charge in [-0.15, -0.1) is 0 Å². The minimum atomic E-state index is -4.31. The molecule has 0 heterocycles. The number of aryl methyl sites for hydroxylation is 1. The molecule has 3 rings (SSSR count). The van der Waals surface area contributed by atoms with Gasteiger partial charge in [0.1, 0.15) is 12.6 Å². The van der Waals surface area contributed by atoms with Crippen molar-refractivity contribution in [3.8, 4) is 0 Å². The van der Waals surface area contributed by atoms with Crippen molar-refractivity contribution in [3.05, 3.63) is 91.9 Å². The summed E-state index contributed by atoms with van der Waals surface area (Å²) in [5.74, 6) is -0.866. The van der Waals surface area contributed by atoms with Gasteiger partial charge in [-0.25, -0.2) is 8.42 Å². The molecule has 0 bridgehead atoms. The topological polar surface area (TPSA) is 86.8 Å². The van der Waals surface area contributed by atoms with E-state index < -0.39 is 28.5 Å². The number of rotatable bonds is 12. The van der Waals surface area contributed by atoms with Crippen LogP contribution in [-0.2, 0) is 26.2 Å². The van der Waals surface area contributed by atoms with Crippen molar-refractivity contribution in [1.29, 1.82) is 0 Å². The highest BCUT2D eigenvalue weighted by molar-refractivity contribution is 7.92. The number of hydrogen-bond donors (Lipinski definition) is 1. The number of hydrogen-bond acceptors (Lipinski definition) is 4. The van der Waals surface area contributed by atoms with Crippen LogP contribution in [0, 0.1) is 12.8 Å². The highest BCUT2D eigenvalue weighted by Gasteiger charge is 2.35. The van der Waals surface area contributed by atoms with Gasteiger partial charge in [-0.3, -0.25) is 13.9 Å². The van der Waals surface area contributed by atoms with E-state index in [-0.39, 0.29) is 45.4 Å². The summed E-state index contributed by atoms with van der Waals surface area (Å²) < 4.78 is 28.9. The van der Waals surface area contributed by atoms with Crippen LogP contribution in [-0.4, -0.2) is 44.3 Å². The lowest BCUT2D eigenvalue weighted by molar-refractivity contribution is -0.140. The lowest BCUT2D eigenvalue weighted by Crippen LogP contribution is -2.52. The van der Waals surface area contributed by atoms with E-state index in [9.17, 15) is 18.0 Å². The van der Waals surface area contributed by atoms with Gasteiger partial charge >= 0.3 is 0 Å². The molecule has 42 heavy (non-hydrogen) atoms. The van der Waals surface area contributed by atoms with Gasteiger partial charge < -0.3 is 10.2 Å². The molecule has 0 fully saturated rings. The second kappa shape index (κ2) is 14.8. The van der Waals surface area contributed by atoms with Crippen molar-refractivity contribution in [2.24, 2.45) is 5.92 Å². The number of nitrogens with one attached hydrogen (secondary N) is 1. The fraction of sp³-hybridized carbons (Fsp3) is 0.333. The average Bonchev–Trinajstić information content (AvgIpc) is 2.93. The van der Waals surface area contributed by atoms with Crippen molar-refractivity contribution in [2.75, 3.05) is 17.4 Å². The van der Waals surface area contributed by atoms with Crippen molar-refractivity contribution < 1.29 is 18.0 Å². The zero-order valence-corrected chi connectivity index (χ0v) is 27.5. The molecule has 12 heteroatoms.